The van der Waals surface area contributed by atoms with Crippen LogP contribution < -0.4 is 10.9 Å². The number of hydrogen-bond donors (Lipinski definition) is 3. The highest BCUT2D eigenvalue weighted by molar-refractivity contribution is 5.71. The zero-order chi connectivity index (χ0) is 18.1. The number of rotatable bonds is 5. The van der Waals surface area contributed by atoms with E-state index in [1.807, 2.05) is 30.3 Å². The minimum absolute atomic E-state index is 0.0285. The number of hydrogen-bond acceptors (Lipinski definition) is 5. The van der Waals surface area contributed by atoms with E-state index in [4.69, 9.17) is 0 Å². The lowest BCUT2D eigenvalue weighted by atomic mass is 9.99. The highest BCUT2D eigenvalue weighted by Crippen LogP contribution is 2.32. The Hall–Kier alpha value is -2.67. The van der Waals surface area contributed by atoms with Gasteiger partial charge in [0, 0.05) is 13.5 Å². The van der Waals surface area contributed by atoms with Crippen molar-refractivity contribution in [2.24, 2.45) is 7.05 Å². The number of aromatic nitrogens is 4. The minimum atomic E-state index is -0.395. The van der Waals surface area contributed by atoms with Crippen molar-refractivity contribution in [2.45, 2.75) is 37.6 Å². The maximum atomic E-state index is 12.7. The Morgan fingerprint density at radius 1 is 1.23 bits per heavy atom. The summed E-state index contributed by atoms with van der Waals surface area (Å²) >= 11 is 0. The quantitative estimate of drug-likeness (QED) is 0.652. The first-order valence-electron chi connectivity index (χ1n) is 8.99. The van der Waals surface area contributed by atoms with Gasteiger partial charge in [-0.2, -0.15) is 4.98 Å². The van der Waals surface area contributed by atoms with Crippen LogP contribution in [0, 0.1) is 0 Å². The average Bonchev–Trinajstić information content (AvgIpc) is 3.28. The smallest absolute Gasteiger partial charge is 0.280 e. The van der Waals surface area contributed by atoms with Crippen LogP contribution >= 0.6 is 0 Å². The molecule has 0 aliphatic heterocycles. The molecule has 1 aliphatic carbocycles. The molecule has 1 aliphatic rings. The monoisotopic (exact) mass is 353 g/mol. The van der Waals surface area contributed by atoms with Crippen molar-refractivity contribution in [3.63, 3.8) is 0 Å². The Labute approximate surface area is 151 Å². The van der Waals surface area contributed by atoms with Crippen LogP contribution in [0.4, 0.5) is 5.95 Å². The van der Waals surface area contributed by atoms with E-state index in [-0.39, 0.29) is 12.2 Å². The van der Waals surface area contributed by atoms with E-state index >= 15 is 0 Å². The number of nitrogens with one attached hydrogen (secondary N) is 2. The van der Waals surface area contributed by atoms with E-state index < -0.39 is 5.54 Å². The fourth-order valence-electron chi connectivity index (χ4n) is 3.68. The van der Waals surface area contributed by atoms with Crippen LogP contribution in [0.3, 0.4) is 0 Å². The number of aliphatic hydroxyl groups excluding tert-OH is 1. The molecule has 0 radical (unpaired) electrons. The van der Waals surface area contributed by atoms with Crippen molar-refractivity contribution in [2.75, 3.05) is 11.9 Å². The van der Waals surface area contributed by atoms with Crippen molar-refractivity contribution in [3.8, 4) is 0 Å². The number of aromatic amines is 1. The Morgan fingerprint density at radius 3 is 2.65 bits per heavy atom. The van der Waals surface area contributed by atoms with Gasteiger partial charge in [0.15, 0.2) is 11.2 Å². The van der Waals surface area contributed by atoms with Gasteiger partial charge in [-0.25, -0.2) is 4.98 Å². The molecular weight excluding hydrogens is 330 g/mol. The highest BCUT2D eigenvalue weighted by atomic mass is 16.3. The summed E-state index contributed by atoms with van der Waals surface area (Å²) in [7, 11) is 1.69. The normalized spacial score (nSPS) is 16.2. The lowest BCUT2D eigenvalue weighted by Crippen LogP contribution is -2.41. The van der Waals surface area contributed by atoms with Gasteiger partial charge in [0.05, 0.1) is 12.1 Å². The third-order valence-electron chi connectivity index (χ3n) is 5.24. The van der Waals surface area contributed by atoms with E-state index in [0.717, 1.165) is 31.2 Å². The number of imidazole rings is 1. The van der Waals surface area contributed by atoms with Gasteiger partial charge in [-0.15, -0.1) is 0 Å². The van der Waals surface area contributed by atoms with Gasteiger partial charge in [-0.1, -0.05) is 43.2 Å². The first kappa shape index (κ1) is 16.8. The largest absolute Gasteiger partial charge is 0.394 e. The van der Waals surface area contributed by atoms with E-state index in [9.17, 15) is 9.90 Å². The molecule has 4 rings (SSSR count). The van der Waals surface area contributed by atoms with Crippen LogP contribution in [-0.4, -0.2) is 36.8 Å². The highest BCUT2D eigenvalue weighted by Gasteiger charge is 2.34. The molecule has 2 aromatic heterocycles. The van der Waals surface area contributed by atoms with Crippen molar-refractivity contribution in [3.05, 3.63) is 52.1 Å². The zero-order valence-corrected chi connectivity index (χ0v) is 14.8. The van der Waals surface area contributed by atoms with E-state index in [0.29, 0.717) is 29.4 Å². The van der Waals surface area contributed by atoms with Crippen molar-refractivity contribution >= 4 is 17.1 Å². The summed E-state index contributed by atoms with van der Waals surface area (Å²) in [4.78, 5) is 24.9. The minimum Gasteiger partial charge on any atom is -0.394 e. The van der Waals surface area contributed by atoms with Gasteiger partial charge in [-0.05, 0) is 18.4 Å². The van der Waals surface area contributed by atoms with Crippen LogP contribution in [0.1, 0.15) is 37.1 Å². The SMILES string of the molecule is Cn1c(NC2(CO)CCCC2)nc2nc(Cc3ccccc3)[nH]c2c1=O. The molecule has 7 nitrogen and oxygen atoms in total. The van der Waals surface area contributed by atoms with Crippen LogP contribution in [0.15, 0.2) is 35.1 Å². The van der Waals surface area contributed by atoms with Gasteiger partial charge in [0.1, 0.15) is 5.82 Å². The molecule has 1 fully saturated rings. The summed E-state index contributed by atoms with van der Waals surface area (Å²) < 4.78 is 1.49. The van der Waals surface area contributed by atoms with Gasteiger partial charge < -0.3 is 15.4 Å². The molecule has 7 heteroatoms. The molecule has 1 saturated carbocycles. The summed E-state index contributed by atoms with van der Waals surface area (Å²) in [5.41, 5.74) is 1.37. The number of benzene rings is 1. The van der Waals surface area contributed by atoms with E-state index in [1.54, 1.807) is 7.05 Å². The Morgan fingerprint density at radius 2 is 1.96 bits per heavy atom. The third-order valence-corrected chi connectivity index (χ3v) is 5.24. The Kier molecular flexibility index (Phi) is 4.24. The van der Waals surface area contributed by atoms with Gasteiger partial charge >= 0.3 is 0 Å². The summed E-state index contributed by atoms with van der Waals surface area (Å²) in [5, 5.41) is 13.1. The molecule has 136 valence electrons. The molecule has 0 amide bonds. The number of aliphatic hydroxyl groups is 1. The second-order valence-electron chi connectivity index (χ2n) is 7.11. The summed E-state index contributed by atoms with van der Waals surface area (Å²) in [6.07, 6.45) is 4.49. The van der Waals surface area contributed by atoms with Gasteiger partial charge in [0.25, 0.3) is 5.56 Å². The van der Waals surface area contributed by atoms with Gasteiger partial charge in [-0.3, -0.25) is 9.36 Å². The topological polar surface area (TPSA) is 95.8 Å². The third kappa shape index (κ3) is 2.99. The molecule has 3 aromatic rings. The molecule has 0 bridgehead atoms. The number of fused-ring (bicyclic) bond motifs is 1. The predicted molar refractivity (Wildman–Crippen MR) is 100 cm³/mol. The van der Waals surface area contributed by atoms with Crippen LogP contribution in [0.25, 0.3) is 11.2 Å². The molecule has 0 spiro atoms. The zero-order valence-electron chi connectivity index (χ0n) is 14.8. The second kappa shape index (κ2) is 6.57. The average molecular weight is 353 g/mol. The van der Waals surface area contributed by atoms with Crippen LogP contribution in [0.2, 0.25) is 0 Å². The molecule has 3 N–H and O–H groups in total. The number of H-pyrrole nitrogens is 1. The maximum absolute atomic E-state index is 12.7. The first-order valence-corrected chi connectivity index (χ1v) is 8.99. The molecule has 1 aromatic carbocycles. The van der Waals surface area contributed by atoms with Gasteiger partial charge in [0.2, 0.25) is 5.95 Å². The fourth-order valence-corrected chi connectivity index (χ4v) is 3.68. The maximum Gasteiger partial charge on any atom is 0.280 e. The molecular formula is C19H23N5O2. The number of nitrogens with zero attached hydrogens (tertiary/aromatic N) is 3. The van der Waals surface area contributed by atoms with Crippen molar-refractivity contribution in [1.82, 2.24) is 19.5 Å². The summed E-state index contributed by atoms with van der Waals surface area (Å²) in [6.45, 7) is 0.0285. The van der Waals surface area contributed by atoms with E-state index in [2.05, 4.69) is 20.3 Å². The molecule has 26 heavy (non-hydrogen) atoms. The molecule has 2 heterocycles. The van der Waals surface area contributed by atoms with Crippen LogP contribution in [-0.2, 0) is 13.5 Å². The molecule has 0 unspecified atom stereocenters. The Bertz CT molecular complexity index is 971. The summed E-state index contributed by atoms with van der Waals surface area (Å²) in [5.74, 6) is 1.17. The second-order valence-corrected chi connectivity index (χ2v) is 7.11. The Balaban J connectivity index is 1.70. The summed E-state index contributed by atoms with van der Waals surface area (Å²) in [6, 6.07) is 9.98. The standard InChI is InChI=1S/C19H23N5O2/c1-24-17(26)15-16(21-14(20-15)11-13-7-3-2-4-8-13)22-18(24)23-19(12-25)9-5-6-10-19/h2-4,7-8,25H,5-6,9-12H2,1H3,(H,20,21)(H,22,23). The molecule has 0 saturated heterocycles. The van der Waals surface area contributed by atoms with Crippen LogP contribution in [0.5, 0.6) is 0 Å². The fraction of sp³-hybridized carbons (Fsp3) is 0.421. The lowest BCUT2D eigenvalue weighted by Gasteiger charge is -2.29. The van der Waals surface area contributed by atoms with E-state index in [1.165, 1.54) is 4.57 Å². The number of anilines is 1. The predicted octanol–water partition coefficient (Wildman–Crippen LogP) is 1.96. The van der Waals surface area contributed by atoms with Crippen molar-refractivity contribution < 1.29 is 5.11 Å². The van der Waals surface area contributed by atoms with Crippen molar-refractivity contribution in [1.29, 1.82) is 0 Å². The molecule has 0 atom stereocenters. The first-order chi connectivity index (χ1) is 12.6. The lowest BCUT2D eigenvalue weighted by molar-refractivity contribution is 0.213.